The van der Waals surface area contributed by atoms with Crippen molar-refractivity contribution in [3.63, 3.8) is 0 Å². The van der Waals surface area contributed by atoms with E-state index >= 15 is 0 Å². The molecule has 0 atom stereocenters. The lowest BCUT2D eigenvalue weighted by Gasteiger charge is -2.26. The highest BCUT2D eigenvalue weighted by Crippen LogP contribution is 2.17. The summed E-state index contributed by atoms with van der Waals surface area (Å²) in [6.07, 6.45) is 0. The van der Waals surface area contributed by atoms with E-state index in [1.165, 1.54) is 5.56 Å². The van der Waals surface area contributed by atoms with Gasteiger partial charge in [-0.15, -0.1) is 0 Å². The minimum absolute atomic E-state index is 0.557. The highest BCUT2D eigenvalue weighted by molar-refractivity contribution is 5.93. The van der Waals surface area contributed by atoms with Crippen molar-refractivity contribution in [2.75, 3.05) is 25.8 Å². The summed E-state index contributed by atoms with van der Waals surface area (Å²) >= 11 is 0. The Balaban J connectivity index is 1.40. The maximum Gasteiger partial charge on any atom is 0.230 e. The predicted molar refractivity (Wildman–Crippen MR) is 107 cm³/mol. The van der Waals surface area contributed by atoms with E-state index < -0.39 is 0 Å². The molecule has 0 radical (unpaired) electrons. The van der Waals surface area contributed by atoms with Crippen molar-refractivity contribution in [2.45, 2.75) is 13.5 Å². The number of methoxy groups -OCH3 is 1. The summed E-state index contributed by atoms with van der Waals surface area (Å²) in [7, 11) is 1.67. The van der Waals surface area contributed by atoms with E-state index in [-0.39, 0.29) is 0 Å². The number of para-hydroxylation sites is 1. The van der Waals surface area contributed by atoms with Crippen molar-refractivity contribution < 1.29 is 4.74 Å². The molecule has 3 aromatic rings. The van der Waals surface area contributed by atoms with Gasteiger partial charge in [-0.2, -0.15) is 0 Å². The first-order valence-corrected chi connectivity index (χ1v) is 8.85. The Morgan fingerprint density at radius 3 is 2.67 bits per heavy atom. The Bertz CT molecular complexity index is 970. The van der Waals surface area contributed by atoms with E-state index in [4.69, 9.17) is 4.74 Å². The molecule has 0 amide bonds. The average Bonchev–Trinajstić information content (AvgIpc) is 2.70. The SMILES string of the molecule is COc1ccc(CN2CN=C(Nc3nc(C)c4ccccc4n3)NC2)cc1. The fraction of sp³-hybridized carbons (Fsp3) is 0.250. The number of hydrogen-bond acceptors (Lipinski definition) is 7. The topological polar surface area (TPSA) is 74.7 Å². The number of aliphatic imine (C=N–C) groups is 1. The second-order valence-electron chi connectivity index (χ2n) is 6.43. The van der Waals surface area contributed by atoms with Gasteiger partial charge in [-0.3, -0.25) is 10.2 Å². The van der Waals surface area contributed by atoms with Crippen LogP contribution >= 0.6 is 0 Å². The molecular formula is C20H22N6O. The first kappa shape index (κ1) is 17.2. The Labute approximate surface area is 158 Å². The van der Waals surface area contributed by atoms with Crippen LogP contribution in [-0.2, 0) is 6.54 Å². The number of ether oxygens (including phenoxy) is 1. The molecule has 7 heteroatoms. The number of anilines is 1. The largest absolute Gasteiger partial charge is 0.497 e. The number of aryl methyl sites for hydroxylation is 1. The average molecular weight is 362 g/mol. The van der Waals surface area contributed by atoms with E-state index in [0.717, 1.165) is 28.9 Å². The zero-order valence-electron chi connectivity index (χ0n) is 15.4. The molecule has 1 aromatic heterocycles. The molecule has 0 aliphatic carbocycles. The first-order valence-electron chi connectivity index (χ1n) is 8.85. The number of nitrogens with one attached hydrogen (secondary N) is 2. The molecule has 2 N–H and O–H groups in total. The zero-order valence-corrected chi connectivity index (χ0v) is 15.4. The summed E-state index contributed by atoms with van der Waals surface area (Å²) in [6, 6.07) is 16.1. The summed E-state index contributed by atoms with van der Waals surface area (Å²) in [5.74, 6) is 2.11. The van der Waals surface area contributed by atoms with E-state index in [0.29, 0.717) is 25.2 Å². The van der Waals surface area contributed by atoms with Crippen LogP contribution in [0.25, 0.3) is 10.9 Å². The standard InChI is InChI=1S/C20H22N6O/c1-14-17-5-3-4-6-18(17)24-20(23-14)25-19-21-12-26(13-22-19)11-15-7-9-16(27-2)10-8-15/h3-10H,11-13H2,1-2H3,(H2,21,22,23,24,25). The molecule has 2 aromatic carbocycles. The van der Waals surface area contributed by atoms with Gasteiger partial charge in [0.25, 0.3) is 0 Å². The van der Waals surface area contributed by atoms with E-state index in [1.54, 1.807) is 7.11 Å². The third-order valence-corrected chi connectivity index (χ3v) is 4.49. The van der Waals surface area contributed by atoms with Gasteiger partial charge in [-0.25, -0.2) is 15.0 Å². The summed E-state index contributed by atoms with van der Waals surface area (Å²) < 4.78 is 5.20. The van der Waals surface area contributed by atoms with Crippen LogP contribution in [-0.4, -0.2) is 41.3 Å². The quantitative estimate of drug-likeness (QED) is 0.743. The van der Waals surface area contributed by atoms with Crippen LogP contribution in [0.2, 0.25) is 0 Å². The molecule has 0 saturated heterocycles. The molecule has 1 aliphatic heterocycles. The maximum atomic E-state index is 5.20. The van der Waals surface area contributed by atoms with Crippen molar-refractivity contribution in [3.8, 4) is 5.75 Å². The van der Waals surface area contributed by atoms with E-state index in [2.05, 4.69) is 42.6 Å². The lowest BCUT2D eigenvalue weighted by molar-refractivity contribution is 0.256. The van der Waals surface area contributed by atoms with Gasteiger partial charge in [0.2, 0.25) is 11.9 Å². The number of nitrogens with zero attached hydrogens (tertiary/aromatic N) is 4. The van der Waals surface area contributed by atoms with Crippen LogP contribution in [0.1, 0.15) is 11.3 Å². The number of benzene rings is 2. The number of aromatic nitrogens is 2. The van der Waals surface area contributed by atoms with Gasteiger partial charge < -0.3 is 10.1 Å². The third-order valence-electron chi connectivity index (χ3n) is 4.49. The Hall–Kier alpha value is -3.19. The van der Waals surface area contributed by atoms with Crippen molar-refractivity contribution in [1.82, 2.24) is 20.2 Å². The van der Waals surface area contributed by atoms with Crippen LogP contribution in [0, 0.1) is 6.92 Å². The van der Waals surface area contributed by atoms with Gasteiger partial charge >= 0.3 is 0 Å². The summed E-state index contributed by atoms with van der Waals surface area (Å²) in [5.41, 5.74) is 3.09. The Morgan fingerprint density at radius 2 is 1.93 bits per heavy atom. The molecule has 7 nitrogen and oxygen atoms in total. The van der Waals surface area contributed by atoms with Gasteiger partial charge in [-0.1, -0.05) is 30.3 Å². The monoisotopic (exact) mass is 362 g/mol. The Morgan fingerprint density at radius 1 is 1.11 bits per heavy atom. The molecule has 2 heterocycles. The molecule has 0 fully saturated rings. The summed E-state index contributed by atoms with van der Waals surface area (Å²) in [6.45, 7) is 4.11. The highest BCUT2D eigenvalue weighted by Gasteiger charge is 2.14. The number of fused-ring (bicyclic) bond motifs is 1. The number of guanidine groups is 1. The second-order valence-corrected chi connectivity index (χ2v) is 6.43. The maximum absolute atomic E-state index is 5.20. The summed E-state index contributed by atoms with van der Waals surface area (Å²) in [5, 5.41) is 7.54. The van der Waals surface area contributed by atoms with Crippen molar-refractivity contribution in [1.29, 1.82) is 0 Å². The second kappa shape index (κ2) is 7.59. The molecule has 0 saturated carbocycles. The van der Waals surface area contributed by atoms with Gasteiger partial charge in [-0.05, 0) is 30.7 Å². The van der Waals surface area contributed by atoms with Crippen molar-refractivity contribution in [2.24, 2.45) is 4.99 Å². The first-order chi connectivity index (χ1) is 13.2. The van der Waals surface area contributed by atoms with Gasteiger partial charge in [0.1, 0.15) is 5.75 Å². The molecule has 138 valence electrons. The predicted octanol–water partition coefficient (Wildman–Crippen LogP) is 2.74. The van der Waals surface area contributed by atoms with Crippen LogP contribution < -0.4 is 15.4 Å². The molecule has 4 rings (SSSR count). The fourth-order valence-corrected chi connectivity index (χ4v) is 3.04. The van der Waals surface area contributed by atoms with Crippen LogP contribution in [0.5, 0.6) is 5.75 Å². The fourth-order valence-electron chi connectivity index (χ4n) is 3.04. The summed E-state index contributed by atoms with van der Waals surface area (Å²) in [4.78, 5) is 15.9. The van der Waals surface area contributed by atoms with Crippen molar-refractivity contribution in [3.05, 3.63) is 59.8 Å². The van der Waals surface area contributed by atoms with Gasteiger partial charge in [0.05, 0.1) is 31.7 Å². The molecule has 0 unspecified atom stereocenters. The van der Waals surface area contributed by atoms with E-state index in [9.17, 15) is 0 Å². The zero-order chi connectivity index (χ0) is 18.6. The van der Waals surface area contributed by atoms with Crippen LogP contribution in [0.15, 0.2) is 53.5 Å². The lowest BCUT2D eigenvalue weighted by atomic mass is 10.2. The highest BCUT2D eigenvalue weighted by atomic mass is 16.5. The molecule has 0 bridgehead atoms. The van der Waals surface area contributed by atoms with Crippen LogP contribution in [0.3, 0.4) is 0 Å². The molecular weight excluding hydrogens is 340 g/mol. The number of rotatable bonds is 4. The molecule has 1 aliphatic rings. The lowest BCUT2D eigenvalue weighted by Crippen LogP contribution is -2.45. The molecule has 0 spiro atoms. The van der Waals surface area contributed by atoms with Crippen LogP contribution in [0.4, 0.5) is 5.95 Å². The third kappa shape index (κ3) is 3.98. The van der Waals surface area contributed by atoms with Crippen molar-refractivity contribution >= 4 is 22.8 Å². The molecule has 27 heavy (non-hydrogen) atoms. The van der Waals surface area contributed by atoms with Gasteiger partial charge in [0.15, 0.2) is 0 Å². The number of hydrogen-bond donors (Lipinski definition) is 2. The minimum atomic E-state index is 0.557. The smallest absolute Gasteiger partial charge is 0.230 e. The van der Waals surface area contributed by atoms with Gasteiger partial charge in [0, 0.05) is 11.9 Å². The Kier molecular flexibility index (Phi) is 4.84. The minimum Gasteiger partial charge on any atom is -0.497 e. The normalized spacial score (nSPS) is 14.5. The van der Waals surface area contributed by atoms with E-state index in [1.807, 2.05) is 43.3 Å².